The zero-order chi connectivity index (χ0) is 12.8. The van der Waals surface area contributed by atoms with Crippen molar-refractivity contribution in [2.75, 3.05) is 26.2 Å². The largest absolute Gasteiger partial charge is 0.311 e. The molecule has 0 bridgehead atoms. The number of hydrogen-bond acceptors (Lipinski definition) is 3. The van der Waals surface area contributed by atoms with Gasteiger partial charge in [-0.2, -0.15) is 5.10 Å². The Bertz CT molecular complexity index is 337. The lowest BCUT2D eigenvalue weighted by molar-refractivity contribution is 0.284. The average molecular weight is 287 g/mol. The fourth-order valence-electron chi connectivity index (χ4n) is 2.64. The molecule has 110 valence electrons. The Morgan fingerprint density at radius 2 is 1.84 bits per heavy atom. The van der Waals surface area contributed by atoms with Crippen molar-refractivity contribution in [3.63, 3.8) is 0 Å². The number of aromatic amines is 1. The van der Waals surface area contributed by atoms with Crippen molar-refractivity contribution in [1.29, 1.82) is 0 Å². The number of aromatic nitrogens is 2. The predicted octanol–water partition coefficient (Wildman–Crippen LogP) is 2.41. The number of hydrogen-bond donors (Lipinski definition) is 2. The highest BCUT2D eigenvalue weighted by Crippen LogP contribution is 2.10. The molecule has 2 heterocycles. The van der Waals surface area contributed by atoms with E-state index >= 15 is 0 Å². The maximum absolute atomic E-state index is 4.22. The molecule has 0 aliphatic carbocycles. The van der Waals surface area contributed by atoms with Gasteiger partial charge < -0.3 is 10.2 Å². The molecule has 0 radical (unpaired) electrons. The third-order valence-electron chi connectivity index (χ3n) is 3.89. The molecule has 1 fully saturated rings. The minimum absolute atomic E-state index is 0. The molecule has 0 aromatic carbocycles. The second-order valence-corrected chi connectivity index (χ2v) is 5.35. The van der Waals surface area contributed by atoms with Crippen LogP contribution in [-0.2, 0) is 6.54 Å². The monoisotopic (exact) mass is 286 g/mol. The van der Waals surface area contributed by atoms with E-state index in [1.807, 2.05) is 0 Å². The van der Waals surface area contributed by atoms with E-state index < -0.39 is 0 Å². The topological polar surface area (TPSA) is 44.0 Å². The SMILES string of the molecule is Cc1n[nH]c(C)c1CNCCN1CCCCCC1.Cl. The van der Waals surface area contributed by atoms with Gasteiger partial charge in [0.05, 0.1) is 5.69 Å². The van der Waals surface area contributed by atoms with E-state index in [0.717, 1.165) is 18.8 Å². The van der Waals surface area contributed by atoms with Crippen molar-refractivity contribution >= 4 is 12.4 Å². The first-order valence-corrected chi connectivity index (χ1v) is 7.21. The van der Waals surface area contributed by atoms with Crippen LogP contribution in [0.3, 0.4) is 0 Å². The van der Waals surface area contributed by atoms with Crippen LogP contribution in [0.2, 0.25) is 0 Å². The highest BCUT2D eigenvalue weighted by Gasteiger charge is 2.09. The Balaban J connectivity index is 0.00000180. The van der Waals surface area contributed by atoms with Crippen LogP contribution in [-0.4, -0.2) is 41.3 Å². The quantitative estimate of drug-likeness (QED) is 0.817. The first-order chi connectivity index (χ1) is 8.77. The summed E-state index contributed by atoms with van der Waals surface area (Å²) in [5.74, 6) is 0. The summed E-state index contributed by atoms with van der Waals surface area (Å²) in [4.78, 5) is 2.59. The van der Waals surface area contributed by atoms with E-state index in [9.17, 15) is 0 Å². The second-order valence-electron chi connectivity index (χ2n) is 5.35. The Morgan fingerprint density at radius 1 is 1.16 bits per heavy atom. The van der Waals surface area contributed by atoms with Gasteiger partial charge in [0.2, 0.25) is 0 Å². The van der Waals surface area contributed by atoms with Gasteiger partial charge >= 0.3 is 0 Å². The van der Waals surface area contributed by atoms with Crippen molar-refractivity contribution < 1.29 is 0 Å². The highest BCUT2D eigenvalue weighted by atomic mass is 35.5. The number of halogens is 1. The Labute approximate surface area is 122 Å². The van der Waals surface area contributed by atoms with E-state index in [4.69, 9.17) is 0 Å². The van der Waals surface area contributed by atoms with Gasteiger partial charge in [0, 0.05) is 30.9 Å². The van der Waals surface area contributed by atoms with Crippen LogP contribution in [0, 0.1) is 13.8 Å². The Kier molecular flexibility index (Phi) is 7.42. The summed E-state index contributed by atoms with van der Waals surface area (Å²) in [6, 6.07) is 0. The van der Waals surface area contributed by atoms with Gasteiger partial charge in [0.25, 0.3) is 0 Å². The van der Waals surface area contributed by atoms with Gasteiger partial charge in [-0.15, -0.1) is 12.4 Å². The number of likely N-dealkylation sites (tertiary alicyclic amines) is 1. The van der Waals surface area contributed by atoms with Crippen LogP contribution < -0.4 is 5.32 Å². The van der Waals surface area contributed by atoms with E-state index in [0.29, 0.717) is 0 Å². The summed E-state index contributed by atoms with van der Waals surface area (Å²) < 4.78 is 0. The minimum Gasteiger partial charge on any atom is -0.311 e. The lowest BCUT2D eigenvalue weighted by Gasteiger charge is -2.19. The lowest BCUT2D eigenvalue weighted by Crippen LogP contribution is -2.32. The van der Waals surface area contributed by atoms with Crippen LogP contribution in [0.5, 0.6) is 0 Å². The lowest BCUT2D eigenvalue weighted by atomic mass is 10.2. The molecule has 0 amide bonds. The summed E-state index contributed by atoms with van der Waals surface area (Å²) in [6.07, 6.45) is 5.58. The number of nitrogens with one attached hydrogen (secondary N) is 2. The molecule has 0 atom stereocenters. The third-order valence-corrected chi connectivity index (χ3v) is 3.89. The van der Waals surface area contributed by atoms with Crippen LogP contribution in [0.1, 0.15) is 42.6 Å². The van der Waals surface area contributed by atoms with E-state index in [1.54, 1.807) is 0 Å². The highest BCUT2D eigenvalue weighted by molar-refractivity contribution is 5.85. The molecule has 5 heteroatoms. The molecule has 1 aliphatic heterocycles. The number of H-pyrrole nitrogens is 1. The van der Waals surface area contributed by atoms with Crippen molar-refractivity contribution in [2.45, 2.75) is 46.1 Å². The molecule has 0 unspecified atom stereocenters. The standard InChI is InChI=1S/C14H26N4.ClH/c1-12-14(13(2)17-16-12)11-15-7-10-18-8-5-3-4-6-9-18;/h15H,3-11H2,1-2H3,(H,16,17);1H. The molecule has 0 saturated carbocycles. The number of aryl methyl sites for hydroxylation is 2. The van der Waals surface area contributed by atoms with E-state index in [1.165, 1.54) is 56.6 Å². The van der Waals surface area contributed by atoms with Gasteiger partial charge in [0.1, 0.15) is 0 Å². The van der Waals surface area contributed by atoms with Crippen LogP contribution in [0.25, 0.3) is 0 Å². The summed E-state index contributed by atoms with van der Waals surface area (Å²) in [6.45, 7) is 9.90. The summed E-state index contributed by atoms with van der Waals surface area (Å²) in [7, 11) is 0. The van der Waals surface area contributed by atoms with Crippen LogP contribution in [0.4, 0.5) is 0 Å². The molecule has 0 spiro atoms. The second kappa shape index (κ2) is 8.56. The van der Waals surface area contributed by atoms with Gasteiger partial charge in [0.15, 0.2) is 0 Å². The molecular weight excluding hydrogens is 260 g/mol. The molecule has 2 rings (SSSR count). The summed E-state index contributed by atoms with van der Waals surface area (Å²) in [5, 5.41) is 10.8. The van der Waals surface area contributed by atoms with Gasteiger partial charge in [-0.05, 0) is 39.8 Å². The average Bonchev–Trinajstić information content (AvgIpc) is 2.60. The molecule has 1 aromatic rings. The molecule has 4 nitrogen and oxygen atoms in total. The van der Waals surface area contributed by atoms with Crippen molar-refractivity contribution in [3.05, 3.63) is 17.0 Å². The zero-order valence-corrected chi connectivity index (χ0v) is 13.0. The Morgan fingerprint density at radius 3 is 2.42 bits per heavy atom. The normalized spacial score (nSPS) is 16.9. The maximum atomic E-state index is 4.22. The van der Waals surface area contributed by atoms with Crippen molar-refractivity contribution in [1.82, 2.24) is 20.4 Å². The molecule has 1 saturated heterocycles. The zero-order valence-electron chi connectivity index (χ0n) is 12.2. The maximum Gasteiger partial charge on any atom is 0.0638 e. The molecular formula is C14H27ClN4. The predicted molar refractivity (Wildman–Crippen MR) is 81.9 cm³/mol. The molecule has 2 N–H and O–H groups in total. The molecule has 1 aromatic heterocycles. The summed E-state index contributed by atoms with van der Waals surface area (Å²) >= 11 is 0. The first-order valence-electron chi connectivity index (χ1n) is 7.21. The number of rotatable bonds is 5. The van der Waals surface area contributed by atoms with E-state index in [-0.39, 0.29) is 12.4 Å². The van der Waals surface area contributed by atoms with Crippen LogP contribution >= 0.6 is 12.4 Å². The molecule has 19 heavy (non-hydrogen) atoms. The van der Waals surface area contributed by atoms with Gasteiger partial charge in [-0.25, -0.2) is 0 Å². The Hall–Kier alpha value is -0.580. The van der Waals surface area contributed by atoms with Gasteiger partial charge in [-0.3, -0.25) is 5.10 Å². The van der Waals surface area contributed by atoms with Gasteiger partial charge in [-0.1, -0.05) is 12.8 Å². The minimum atomic E-state index is 0. The van der Waals surface area contributed by atoms with Crippen LogP contribution in [0.15, 0.2) is 0 Å². The summed E-state index contributed by atoms with van der Waals surface area (Å²) in [5.41, 5.74) is 3.63. The third kappa shape index (κ3) is 5.13. The first kappa shape index (κ1) is 16.5. The van der Waals surface area contributed by atoms with Crippen molar-refractivity contribution in [3.8, 4) is 0 Å². The number of nitrogens with zero attached hydrogens (tertiary/aromatic N) is 2. The fraction of sp³-hybridized carbons (Fsp3) is 0.786. The molecule has 1 aliphatic rings. The van der Waals surface area contributed by atoms with E-state index in [2.05, 4.69) is 34.3 Å². The fourth-order valence-corrected chi connectivity index (χ4v) is 2.64. The van der Waals surface area contributed by atoms with Crippen molar-refractivity contribution in [2.24, 2.45) is 0 Å². The smallest absolute Gasteiger partial charge is 0.0638 e.